The number of fused-ring (bicyclic) bond motifs is 2. The van der Waals surface area contributed by atoms with E-state index >= 15 is 0 Å². The highest BCUT2D eigenvalue weighted by molar-refractivity contribution is 6.02. The maximum atomic E-state index is 3.87. The maximum absolute atomic E-state index is 3.87. The standard InChI is InChI=1S/C26H25N/c1-17-8-4-3-5-10-20(17)22-14-13-19-9-6-7-11-21(19)26(22)27-25-15-12-18(2)23-16-24(23)25/h3-7,9-15,23-24,27H,8,16H2,1-2H3. The van der Waals surface area contributed by atoms with Gasteiger partial charge in [-0.2, -0.15) is 0 Å². The first-order chi connectivity index (χ1) is 13.2. The summed E-state index contributed by atoms with van der Waals surface area (Å²) in [4.78, 5) is 0. The fourth-order valence-electron chi connectivity index (χ4n) is 4.47. The molecule has 1 nitrogen and oxygen atoms in total. The Kier molecular flexibility index (Phi) is 3.89. The third-order valence-electron chi connectivity index (χ3n) is 6.18. The van der Waals surface area contributed by atoms with Crippen LogP contribution in [0.1, 0.15) is 32.3 Å². The van der Waals surface area contributed by atoms with Crippen LogP contribution in [-0.2, 0) is 0 Å². The van der Waals surface area contributed by atoms with E-state index in [9.17, 15) is 0 Å². The Morgan fingerprint density at radius 2 is 1.81 bits per heavy atom. The molecule has 0 aliphatic heterocycles. The summed E-state index contributed by atoms with van der Waals surface area (Å²) in [6.07, 6.45) is 15.7. The Bertz CT molecular complexity index is 1070. The Morgan fingerprint density at radius 3 is 2.74 bits per heavy atom. The normalized spacial score (nSPS) is 23.6. The van der Waals surface area contributed by atoms with E-state index in [0.717, 1.165) is 12.3 Å². The van der Waals surface area contributed by atoms with Crippen LogP contribution in [0, 0.1) is 11.8 Å². The molecule has 1 fully saturated rings. The highest BCUT2D eigenvalue weighted by atomic mass is 14.9. The van der Waals surface area contributed by atoms with Crippen LogP contribution in [0.25, 0.3) is 16.3 Å². The minimum Gasteiger partial charge on any atom is -0.358 e. The van der Waals surface area contributed by atoms with Gasteiger partial charge in [-0.3, -0.25) is 0 Å². The fraction of sp³-hybridized carbons (Fsp3) is 0.231. The Labute approximate surface area is 161 Å². The zero-order valence-corrected chi connectivity index (χ0v) is 16.0. The van der Waals surface area contributed by atoms with Gasteiger partial charge in [-0.05, 0) is 49.6 Å². The molecule has 1 heteroatoms. The van der Waals surface area contributed by atoms with Gasteiger partial charge in [0.25, 0.3) is 0 Å². The second-order valence-electron chi connectivity index (χ2n) is 8.00. The molecule has 0 saturated heterocycles. The predicted molar refractivity (Wildman–Crippen MR) is 116 cm³/mol. The third-order valence-corrected chi connectivity index (χ3v) is 6.18. The average Bonchev–Trinajstić information content (AvgIpc) is 3.50. The molecule has 2 aromatic rings. The Morgan fingerprint density at radius 1 is 0.926 bits per heavy atom. The lowest BCUT2D eigenvalue weighted by Crippen LogP contribution is -2.08. The van der Waals surface area contributed by atoms with Gasteiger partial charge in [-0.25, -0.2) is 0 Å². The van der Waals surface area contributed by atoms with Gasteiger partial charge in [0, 0.05) is 22.6 Å². The molecule has 134 valence electrons. The molecule has 1 saturated carbocycles. The number of allylic oxidation sites excluding steroid dienone is 10. The largest absolute Gasteiger partial charge is 0.358 e. The molecule has 5 rings (SSSR count). The van der Waals surface area contributed by atoms with Crippen LogP contribution in [0.15, 0.2) is 89.7 Å². The summed E-state index contributed by atoms with van der Waals surface area (Å²) in [5.74, 6) is 1.42. The van der Waals surface area contributed by atoms with Crippen LogP contribution in [0.4, 0.5) is 5.69 Å². The van der Waals surface area contributed by atoms with E-state index in [0.29, 0.717) is 5.92 Å². The number of benzene rings is 2. The third kappa shape index (κ3) is 2.88. The first-order valence-electron chi connectivity index (χ1n) is 9.93. The van der Waals surface area contributed by atoms with E-state index in [-0.39, 0.29) is 0 Å². The van der Waals surface area contributed by atoms with E-state index < -0.39 is 0 Å². The van der Waals surface area contributed by atoms with E-state index in [1.807, 2.05) is 0 Å². The van der Waals surface area contributed by atoms with Crippen molar-refractivity contribution in [1.82, 2.24) is 0 Å². The first-order valence-corrected chi connectivity index (χ1v) is 9.93. The molecule has 1 N–H and O–H groups in total. The molecule has 0 bridgehead atoms. The molecule has 0 radical (unpaired) electrons. The Balaban J connectivity index is 1.67. The van der Waals surface area contributed by atoms with E-state index in [2.05, 4.69) is 92.0 Å². The minimum atomic E-state index is 0.670. The molecular weight excluding hydrogens is 326 g/mol. The SMILES string of the molecule is CC1=CC=C(Nc2c(C3=C(C)CC=CC=C3)ccc3ccccc23)C2CC12. The molecule has 2 aromatic carbocycles. The van der Waals surface area contributed by atoms with Crippen molar-refractivity contribution in [2.75, 3.05) is 5.32 Å². The lowest BCUT2D eigenvalue weighted by Gasteiger charge is -2.20. The molecule has 2 unspecified atom stereocenters. The van der Waals surface area contributed by atoms with Crippen molar-refractivity contribution < 1.29 is 0 Å². The van der Waals surface area contributed by atoms with Crippen LogP contribution in [0.5, 0.6) is 0 Å². The van der Waals surface area contributed by atoms with E-state index in [1.54, 1.807) is 0 Å². The minimum absolute atomic E-state index is 0.670. The van der Waals surface area contributed by atoms with Gasteiger partial charge in [0.2, 0.25) is 0 Å². The molecule has 0 amide bonds. The van der Waals surface area contributed by atoms with Crippen molar-refractivity contribution in [3.63, 3.8) is 0 Å². The summed E-state index contributed by atoms with van der Waals surface area (Å²) >= 11 is 0. The maximum Gasteiger partial charge on any atom is 0.0541 e. The number of hydrogen-bond acceptors (Lipinski definition) is 1. The molecule has 0 spiro atoms. The van der Waals surface area contributed by atoms with Crippen LogP contribution in [-0.4, -0.2) is 0 Å². The van der Waals surface area contributed by atoms with Crippen molar-refractivity contribution in [2.45, 2.75) is 26.7 Å². The van der Waals surface area contributed by atoms with Crippen molar-refractivity contribution in [3.05, 3.63) is 95.3 Å². The van der Waals surface area contributed by atoms with Crippen molar-refractivity contribution >= 4 is 22.0 Å². The molecule has 3 aliphatic carbocycles. The summed E-state index contributed by atoms with van der Waals surface area (Å²) in [6.45, 7) is 4.51. The monoisotopic (exact) mass is 351 g/mol. The van der Waals surface area contributed by atoms with Gasteiger partial charge < -0.3 is 5.32 Å². The summed E-state index contributed by atoms with van der Waals surface area (Å²) < 4.78 is 0. The second-order valence-corrected chi connectivity index (χ2v) is 8.00. The highest BCUT2D eigenvalue weighted by Gasteiger charge is 2.42. The summed E-state index contributed by atoms with van der Waals surface area (Å²) in [7, 11) is 0. The first kappa shape index (κ1) is 16.4. The van der Waals surface area contributed by atoms with Crippen LogP contribution >= 0.6 is 0 Å². The number of hydrogen-bond donors (Lipinski definition) is 1. The molecule has 0 heterocycles. The molecule has 0 aromatic heterocycles. The Hall–Kier alpha value is -2.80. The molecule has 3 aliphatic rings. The van der Waals surface area contributed by atoms with Gasteiger partial charge in [-0.1, -0.05) is 77.9 Å². The second kappa shape index (κ2) is 6.42. The summed E-state index contributed by atoms with van der Waals surface area (Å²) in [6, 6.07) is 13.2. The van der Waals surface area contributed by atoms with Crippen molar-refractivity contribution in [3.8, 4) is 0 Å². The molecule has 2 atom stereocenters. The summed E-state index contributed by atoms with van der Waals surface area (Å²) in [5.41, 5.74) is 8.20. The fourth-order valence-corrected chi connectivity index (χ4v) is 4.47. The average molecular weight is 351 g/mol. The molecular formula is C26H25N. The zero-order valence-electron chi connectivity index (χ0n) is 16.0. The van der Waals surface area contributed by atoms with Gasteiger partial charge >= 0.3 is 0 Å². The zero-order chi connectivity index (χ0) is 18.4. The van der Waals surface area contributed by atoms with Gasteiger partial charge in [0.1, 0.15) is 0 Å². The van der Waals surface area contributed by atoms with Crippen LogP contribution < -0.4 is 5.32 Å². The molecule has 27 heavy (non-hydrogen) atoms. The van der Waals surface area contributed by atoms with Crippen molar-refractivity contribution in [1.29, 1.82) is 0 Å². The number of rotatable bonds is 3. The van der Waals surface area contributed by atoms with Crippen LogP contribution in [0.3, 0.4) is 0 Å². The smallest absolute Gasteiger partial charge is 0.0541 e. The summed E-state index contributed by atoms with van der Waals surface area (Å²) in [5, 5.41) is 6.45. The van der Waals surface area contributed by atoms with Gasteiger partial charge in [0.05, 0.1) is 5.69 Å². The number of nitrogens with one attached hydrogen (secondary N) is 1. The topological polar surface area (TPSA) is 12.0 Å². The van der Waals surface area contributed by atoms with Crippen molar-refractivity contribution in [2.24, 2.45) is 11.8 Å². The predicted octanol–water partition coefficient (Wildman–Crippen LogP) is 7.02. The highest BCUT2D eigenvalue weighted by Crippen LogP contribution is 2.51. The lowest BCUT2D eigenvalue weighted by molar-refractivity contribution is 0.865. The lowest BCUT2D eigenvalue weighted by atomic mass is 9.93. The van der Waals surface area contributed by atoms with Gasteiger partial charge in [-0.15, -0.1) is 0 Å². The van der Waals surface area contributed by atoms with E-state index in [1.165, 1.54) is 50.9 Å². The van der Waals surface area contributed by atoms with E-state index in [4.69, 9.17) is 0 Å². The quantitative estimate of drug-likeness (QED) is 0.626. The van der Waals surface area contributed by atoms with Crippen LogP contribution in [0.2, 0.25) is 0 Å². The van der Waals surface area contributed by atoms with Gasteiger partial charge in [0.15, 0.2) is 0 Å². The number of anilines is 1.